The Morgan fingerprint density at radius 3 is 2.39 bits per heavy atom. The highest BCUT2D eigenvalue weighted by molar-refractivity contribution is 7.86. The number of allylic oxidation sites excluding steroid dienone is 1. The SMILES string of the molecule is COS(=O)(=O)c1ccc2c(c1)C(C)(C)C(/C=C/N(C(C)=O)c1ccccc1)=[N+]2CCCCCC(=O)O. The van der Waals surface area contributed by atoms with E-state index in [9.17, 15) is 18.0 Å². The second-order valence-electron chi connectivity index (χ2n) is 9.21. The Bertz CT molecular complexity index is 1300. The van der Waals surface area contributed by atoms with Crippen molar-refractivity contribution in [2.45, 2.75) is 56.8 Å². The molecule has 8 nitrogen and oxygen atoms in total. The molecule has 192 valence electrons. The van der Waals surface area contributed by atoms with Crippen LogP contribution in [0.2, 0.25) is 0 Å². The Hall–Kier alpha value is -3.30. The minimum atomic E-state index is -3.86. The number of carboxylic acids is 1. The van der Waals surface area contributed by atoms with E-state index in [2.05, 4.69) is 4.58 Å². The third-order valence-corrected chi connectivity index (χ3v) is 7.67. The average molecular weight is 514 g/mol. The van der Waals surface area contributed by atoms with Crippen LogP contribution in [0.5, 0.6) is 0 Å². The van der Waals surface area contributed by atoms with Gasteiger partial charge in [-0.15, -0.1) is 0 Å². The molecule has 1 heterocycles. The molecule has 0 radical (unpaired) electrons. The van der Waals surface area contributed by atoms with Crippen LogP contribution in [0.3, 0.4) is 0 Å². The Morgan fingerprint density at radius 1 is 1.08 bits per heavy atom. The highest BCUT2D eigenvalue weighted by atomic mass is 32.2. The van der Waals surface area contributed by atoms with Crippen LogP contribution in [0, 0.1) is 0 Å². The Morgan fingerprint density at radius 2 is 1.78 bits per heavy atom. The van der Waals surface area contributed by atoms with Gasteiger partial charge in [0.2, 0.25) is 11.6 Å². The zero-order valence-corrected chi connectivity index (χ0v) is 21.9. The Kier molecular flexibility index (Phi) is 8.47. The van der Waals surface area contributed by atoms with Crippen molar-refractivity contribution in [3.63, 3.8) is 0 Å². The second-order valence-corrected chi connectivity index (χ2v) is 10.9. The Labute approximate surface area is 212 Å². The molecule has 1 amide bonds. The van der Waals surface area contributed by atoms with E-state index in [1.54, 1.807) is 23.2 Å². The topological polar surface area (TPSA) is 104 Å². The van der Waals surface area contributed by atoms with Gasteiger partial charge in [0.15, 0.2) is 5.71 Å². The first kappa shape index (κ1) is 27.3. The number of carbonyl (C=O) groups excluding carboxylic acids is 1. The van der Waals surface area contributed by atoms with Crippen LogP contribution in [-0.2, 0) is 29.3 Å². The average Bonchev–Trinajstić information content (AvgIpc) is 3.05. The lowest BCUT2D eigenvalue weighted by Gasteiger charge is -2.19. The molecule has 0 bridgehead atoms. The third-order valence-electron chi connectivity index (χ3n) is 6.40. The van der Waals surface area contributed by atoms with Gasteiger partial charge in [-0.1, -0.05) is 18.2 Å². The monoisotopic (exact) mass is 513 g/mol. The van der Waals surface area contributed by atoms with Gasteiger partial charge >= 0.3 is 5.97 Å². The number of hydrogen-bond donors (Lipinski definition) is 1. The summed E-state index contributed by atoms with van der Waals surface area (Å²) in [5.74, 6) is -0.949. The van der Waals surface area contributed by atoms with Crippen LogP contribution in [-0.4, -0.2) is 49.3 Å². The Balaban J connectivity index is 2.03. The number of rotatable bonds is 11. The van der Waals surface area contributed by atoms with Gasteiger partial charge in [0.25, 0.3) is 10.1 Å². The highest BCUT2D eigenvalue weighted by Gasteiger charge is 2.45. The summed E-state index contributed by atoms with van der Waals surface area (Å²) in [6.07, 6.45) is 5.85. The molecule has 0 spiro atoms. The van der Waals surface area contributed by atoms with E-state index in [1.807, 2.05) is 50.3 Å². The molecule has 36 heavy (non-hydrogen) atoms. The number of benzene rings is 2. The summed E-state index contributed by atoms with van der Waals surface area (Å²) in [6.45, 7) is 6.15. The maximum atomic E-state index is 12.4. The molecule has 0 atom stereocenters. The molecule has 0 saturated carbocycles. The second kappa shape index (κ2) is 11.2. The number of fused-ring (bicyclic) bond motifs is 1. The van der Waals surface area contributed by atoms with Crippen molar-refractivity contribution in [3.05, 3.63) is 66.4 Å². The molecular formula is C27H33N2O6S+. The van der Waals surface area contributed by atoms with Gasteiger partial charge in [0.05, 0.1) is 17.4 Å². The van der Waals surface area contributed by atoms with E-state index < -0.39 is 21.5 Å². The van der Waals surface area contributed by atoms with Gasteiger partial charge in [0.1, 0.15) is 6.54 Å². The van der Waals surface area contributed by atoms with Crippen LogP contribution in [0.15, 0.2) is 65.7 Å². The van der Waals surface area contributed by atoms with Crippen LogP contribution in [0.4, 0.5) is 11.4 Å². The molecule has 0 unspecified atom stereocenters. The summed E-state index contributed by atoms with van der Waals surface area (Å²) in [6, 6.07) is 14.3. The molecular weight excluding hydrogens is 480 g/mol. The van der Waals surface area contributed by atoms with E-state index in [0.717, 1.165) is 42.6 Å². The molecule has 3 rings (SSSR count). The quantitative estimate of drug-likeness (QED) is 0.267. The lowest BCUT2D eigenvalue weighted by molar-refractivity contribution is -0.438. The smallest absolute Gasteiger partial charge is 0.303 e. The fourth-order valence-corrected chi connectivity index (χ4v) is 5.17. The summed E-state index contributed by atoms with van der Waals surface area (Å²) >= 11 is 0. The maximum absolute atomic E-state index is 12.4. The van der Waals surface area contributed by atoms with Gasteiger partial charge in [-0.2, -0.15) is 13.0 Å². The van der Waals surface area contributed by atoms with E-state index in [1.165, 1.54) is 13.0 Å². The predicted molar refractivity (Wildman–Crippen MR) is 138 cm³/mol. The van der Waals surface area contributed by atoms with E-state index in [-0.39, 0.29) is 17.2 Å². The van der Waals surface area contributed by atoms with Gasteiger partial charge in [-0.25, -0.2) is 0 Å². The summed E-state index contributed by atoms with van der Waals surface area (Å²) in [5, 5.41) is 8.92. The number of unbranched alkanes of at least 4 members (excludes halogenated alkanes) is 2. The first-order chi connectivity index (χ1) is 17.0. The van der Waals surface area contributed by atoms with Gasteiger partial charge in [-0.3, -0.25) is 18.7 Å². The van der Waals surface area contributed by atoms with Crippen molar-refractivity contribution < 1.29 is 31.9 Å². The molecule has 9 heteroatoms. The molecule has 0 aromatic heterocycles. The van der Waals surface area contributed by atoms with E-state index in [0.29, 0.717) is 13.0 Å². The summed E-state index contributed by atoms with van der Waals surface area (Å²) in [4.78, 5) is 24.9. The number of carboxylic acid groups (broad SMARTS) is 1. The lowest BCUT2D eigenvalue weighted by atomic mass is 9.81. The maximum Gasteiger partial charge on any atom is 0.303 e. The first-order valence-corrected chi connectivity index (χ1v) is 13.2. The van der Waals surface area contributed by atoms with Crippen LogP contribution >= 0.6 is 0 Å². The van der Waals surface area contributed by atoms with Gasteiger partial charge < -0.3 is 5.11 Å². The first-order valence-electron chi connectivity index (χ1n) is 11.8. The number of hydrogen-bond acceptors (Lipinski definition) is 5. The molecule has 1 N–H and O–H groups in total. The van der Waals surface area contributed by atoms with Crippen LogP contribution < -0.4 is 4.90 Å². The van der Waals surface area contributed by atoms with Crippen molar-refractivity contribution >= 4 is 39.1 Å². The van der Waals surface area contributed by atoms with Crippen molar-refractivity contribution in [2.24, 2.45) is 0 Å². The minimum absolute atomic E-state index is 0.0816. The van der Waals surface area contributed by atoms with Crippen molar-refractivity contribution in [1.82, 2.24) is 0 Å². The van der Waals surface area contributed by atoms with Crippen molar-refractivity contribution in [1.29, 1.82) is 0 Å². The number of aliphatic carboxylic acids is 1. The van der Waals surface area contributed by atoms with Crippen LogP contribution in [0.1, 0.15) is 52.0 Å². The predicted octanol–water partition coefficient (Wildman–Crippen LogP) is 4.61. The highest BCUT2D eigenvalue weighted by Crippen LogP contribution is 2.41. The third kappa shape index (κ3) is 5.91. The van der Waals surface area contributed by atoms with Crippen molar-refractivity contribution in [3.8, 4) is 0 Å². The molecule has 0 fully saturated rings. The number of amides is 1. The molecule has 2 aromatic rings. The van der Waals surface area contributed by atoms with Gasteiger partial charge in [0, 0.05) is 49.4 Å². The summed E-state index contributed by atoms with van der Waals surface area (Å²) < 4.78 is 31.6. The van der Waals surface area contributed by atoms with Crippen LogP contribution in [0.25, 0.3) is 0 Å². The number of para-hydroxylation sites is 1. The zero-order valence-electron chi connectivity index (χ0n) is 21.1. The van der Waals surface area contributed by atoms with E-state index in [4.69, 9.17) is 9.29 Å². The lowest BCUT2D eigenvalue weighted by Crippen LogP contribution is -2.30. The van der Waals surface area contributed by atoms with Gasteiger partial charge in [-0.05, 0) is 51.0 Å². The molecule has 0 aliphatic carbocycles. The normalized spacial score (nSPS) is 14.8. The molecule has 1 aliphatic rings. The zero-order chi connectivity index (χ0) is 26.5. The minimum Gasteiger partial charge on any atom is -0.481 e. The largest absolute Gasteiger partial charge is 0.481 e. The molecule has 1 aliphatic heterocycles. The number of carbonyl (C=O) groups is 2. The fraction of sp³-hybridized carbons (Fsp3) is 0.370. The fourth-order valence-electron chi connectivity index (χ4n) is 4.48. The summed E-state index contributed by atoms with van der Waals surface area (Å²) in [5.41, 5.74) is 2.79. The van der Waals surface area contributed by atoms with E-state index >= 15 is 0 Å². The standard InChI is InChI=1S/C27H32N2O6S/c1-20(30)28(21-11-7-5-8-12-21)18-16-25-27(2,3)23-19-22(36(33,34)35-4)14-15-24(23)29(25)17-10-6-9-13-26(31)32/h5,7-8,11-12,14-16,18-19H,6,9-10,13,17H2,1-4H3/p+1. The number of nitrogens with zero attached hydrogens (tertiary/aromatic N) is 2. The molecule has 2 aromatic carbocycles. The molecule has 0 saturated heterocycles. The van der Waals surface area contributed by atoms with Crippen molar-refractivity contribution in [2.75, 3.05) is 18.6 Å². The number of anilines is 1. The summed E-state index contributed by atoms with van der Waals surface area (Å²) in [7, 11) is -2.73.